The van der Waals surface area contributed by atoms with Gasteiger partial charge in [0.25, 0.3) is 0 Å². The number of aliphatic hydroxyl groups excluding tert-OH is 1. The fourth-order valence-corrected chi connectivity index (χ4v) is 7.09. The Morgan fingerprint density at radius 2 is 1.63 bits per heavy atom. The molecule has 22 heteroatoms. The molecule has 9 N–H and O–H groups in total. The van der Waals surface area contributed by atoms with E-state index in [9.17, 15) is 48.2 Å². The Morgan fingerprint density at radius 1 is 0.967 bits per heavy atom. The number of imidazole rings is 1. The summed E-state index contributed by atoms with van der Waals surface area (Å²) >= 11 is 0. The lowest BCUT2D eigenvalue weighted by molar-refractivity contribution is -0.139. The molecule has 0 aliphatic carbocycles. The van der Waals surface area contributed by atoms with Crippen molar-refractivity contribution in [3.63, 3.8) is 0 Å². The van der Waals surface area contributed by atoms with Gasteiger partial charge in [0.1, 0.15) is 36.8 Å². The number of phosphoric ester groups is 1. The first kappa shape index (κ1) is 49.2. The van der Waals surface area contributed by atoms with Crippen molar-refractivity contribution in [2.75, 3.05) is 19.8 Å². The van der Waals surface area contributed by atoms with Gasteiger partial charge in [-0.05, 0) is 56.9 Å². The monoisotopic (exact) mass is 863 g/mol. The summed E-state index contributed by atoms with van der Waals surface area (Å²) in [5, 5.41) is 24.0. The first-order valence-corrected chi connectivity index (χ1v) is 21.2. The third-order valence-electron chi connectivity index (χ3n) is 9.55. The number of unbranched alkanes of at least 4 members (excludes halogenated alkanes) is 2. The van der Waals surface area contributed by atoms with Gasteiger partial charge >= 0.3 is 7.82 Å². The molecule has 1 aromatic heterocycles. The van der Waals surface area contributed by atoms with Crippen LogP contribution in [-0.2, 0) is 55.7 Å². The highest BCUT2D eigenvalue weighted by atomic mass is 31.2. The van der Waals surface area contributed by atoms with Crippen LogP contribution in [0.25, 0.3) is 0 Å². The fraction of sp³-hybridized carbons (Fsp3) is 0.579. The van der Waals surface area contributed by atoms with Crippen molar-refractivity contribution in [1.29, 1.82) is 0 Å². The number of aryl methyl sites for hydroxylation is 1. The molecule has 2 aromatic rings. The summed E-state index contributed by atoms with van der Waals surface area (Å²) in [4.78, 5) is 108. The molecule has 0 unspecified atom stereocenters. The van der Waals surface area contributed by atoms with Crippen LogP contribution in [0.5, 0.6) is 0 Å². The van der Waals surface area contributed by atoms with Gasteiger partial charge in [-0.2, -0.15) is 0 Å². The Morgan fingerprint density at radius 3 is 2.27 bits per heavy atom. The van der Waals surface area contributed by atoms with E-state index in [-0.39, 0.29) is 24.7 Å². The third kappa shape index (κ3) is 16.4. The number of benzene rings is 1. The summed E-state index contributed by atoms with van der Waals surface area (Å²) in [5.41, 5.74) is 6.77. The van der Waals surface area contributed by atoms with Gasteiger partial charge in [-0.15, -0.1) is 0 Å². The van der Waals surface area contributed by atoms with Gasteiger partial charge in [0.15, 0.2) is 0 Å². The molecule has 0 saturated carbocycles. The number of oxime groups is 1. The number of carbonyl (C=O) groups excluding carboxylic acids is 6. The van der Waals surface area contributed by atoms with E-state index in [0.29, 0.717) is 51.1 Å². The van der Waals surface area contributed by atoms with Crippen LogP contribution in [0.2, 0.25) is 0 Å². The minimum absolute atomic E-state index is 0.0964. The summed E-state index contributed by atoms with van der Waals surface area (Å²) in [6.45, 7) is 6.39. The maximum Gasteiger partial charge on any atom is 0.469 e. The van der Waals surface area contributed by atoms with E-state index in [2.05, 4.69) is 35.9 Å². The molecular formula is C38H58N9O12P. The van der Waals surface area contributed by atoms with E-state index in [1.165, 1.54) is 18.0 Å². The van der Waals surface area contributed by atoms with Gasteiger partial charge < -0.3 is 56.2 Å². The molecule has 1 fully saturated rings. The van der Waals surface area contributed by atoms with E-state index in [1.807, 2.05) is 44.2 Å². The molecule has 0 spiro atoms. The van der Waals surface area contributed by atoms with Crippen LogP contribution in [-0.4, -0.2) is 127 Å². The first-order chi connectivity index (χ1) is 28.4. The second kappa shape index (κ2) is 24.1. The van der Waals surface area contributed by atoms with E-state index >= 15 is 0 Å². The van der Waals surface area contributed by atoms with E-state index in [1.54, 1.807) is 17.1 Å². The van der Waals surface area contributed by atoms with Crippen LogP contribution in [0, 0.1) is 5.92 Å². The Bertz CT molecular complexity index is 1820. The average molecular weight is 864 g/mol. The van der Waals surface area contributed by atoms with Crippen molar-refractivity contribution in [2.24, 2.45) is 16.8 Å². The molecule has 2 heterocycles. The zero-order chi connectivity index (χ0) is 44.4. The second-order valence-corrected chi connectivity index (χ2v) is 16.1. The van der Waals surface area contributed by atoms with Crippen LogP contribution in [0.15, 0.2) is 48.0 Å². The van der Waals surface area contributed by atoms with Gasteiger partial charge in [-0.1, -0.05) is 49.3 Å². The van der Waals surface area contributed by atoms with Gasteiger partial charge in [-0.3, -0.25) is 33.3 Å². The molecule has 1 aromatic carbocycles. The number of amides is 6. The number of rotatable bonds is 25. The summed E-state index contributed by atoms with van der Waals surface area (Å²) in [5.74, 6) is -4.95. The van der Waals surface area contributed by atoms with Crippen LogP contribution >= 0.6 is 7.82 Å². The van der Waals surface area contributed by atoms with E-state index < -0.39 is 80.3 Å². The molecule has 0 bridgehead atoms. The molecule has 0 radical (unpaired) electrons. The highest BCUT2D eigenvalue weighted by molar-refractivity contribution is 7.46. The smallest absolute Gasteiger partial charge is 0.396 e. The molecule has 6 atom stereocenters. The quantitative estimate of drug-likeness (QED) is 0.0274. The number of nitrogens with one attached hydrogen (secondary N) is 4. The molecule has 3 rings (SSSR count). The maximum atomic E-state index is 14.0. The summed E-state index contributed by atoms with van der Waals surface area (Å²) < 4.78 is 17.7. The van der Waals surface area contributed by atoms with Gasteiger partial charge in [-0.25, -0.2) is 9.55 Å². The molecule has 1 saturated heterocycles. The highest BCUT2D eigenvalue weighted by Gasteiger charge is 2.37. The lowest BCUT2D eigenvalue weighted by atomic mass is 10.0. The lowest BCUT2D eigenvalue weighted by Gasteiger charge is -2.28. The standard InChI is InChI=1S/C38H58N9O12P/c1-24(2)18-29(43-38(54)32-14-11-16-47(32)26(4)49)35(51)42-30(36(52)44-31(22-48)37(53)45-33(34(39)50)25(3)59-60(55,56)57)19-28-21-40-23-46(28)15-9-6-10-17-58-41-20-27-12-7-5-8-13-27/h5,7-8,12-13,20-21,23-25,29-33,48H,6,9-11,14-19,22H2,1-4H3,(H2,39,50)(H,42,51)(H,43,54)(H,44,52)(H,45,53)(H2,55,56,57)/b41-20+/t25-,29+,30+,31+,32+,33+/m1/s1. The molecular weight excluding hydrogens is 805 g/mol. The Kier molecular flexibility index (Phi) is 19.8. The number of primary amides is 1. The number of aromatic nitrogens is 2. The van der Waals surface area contributed by atoms with E-state index in [0.717, 1.165) is 18.9 Å². The van der Waals surface area contributed by atoms with Crippen LogP contribution < -0.4 is 27.0 Å². The number of hydrogen-bond donors (Lipinski definition) is 8. The minimum Gasteiger partial charge on any atom is -0.396 e. The largest absolute Gasteiger partial charge is 0.469 e. The Hall–Kier alpha value is -5.21. The first-order valence-electron chi connectivity index (χ1n) is 19.7. The third-order valence-corrected chi connectivity index (χ3v) is 10.2. The second-order valence-electron chi connectivity index (χ2n) is 14.9. The van der Waals surface area contributed by atoms with Crippen molar-refractivity contribution in [1.82, 2.24) is 35.7 Å². The lowest BCUT2D eigenvalue weighted by Crippen LogP contribution is -2.61. The van der Waals surface area contributed by atoms with Crippen LogP contribution in [0.1, 0.15) is 77.5 Å². The van der Waals surface area contributed by atoms with Crippen molar-refractivity contribution in [2.45, 2.75) is 115 Å². The normalized spacial score (nSPS) is 16.7. The van der Waals surface area contributed by atoms with Crippen molar-refractivity contribution < 1.29 is 57.6 Å². The van der Waals surface area contributed by atoms with E-state index in [4.69, 9.17) is 10.6 Å². The van der Waals surface area contributed by atoms with Gasteiger partial charge in [0.2, 0.25) is 35.4 Å². The minimum atomic E-state index is -5.12. The predicted molar refractivity (Wildman–Crippen MR) is 216 cm³/mol. The van der Waals surface area contributed by atoms with Crippen LogP contribution in [0.4, 0.5) is 0 Å². The summed E-state index contributed by atoms with van der Waals surface area (Å²) in [6.07, 6.45) is 6.27. The average Bonchev–Trinajstić information content (AvgIpc) is 3.86. The van der Waals surface area contributed by atoms with Crippen molar-refractivity contribution in [3.8, 4) is 0 Å². The number of hydrogen-bond acceptors (Lipinski definition) is 12. The summed E-state index contributed by atoms with van der Waals surface area (Å²) in [6, 6.07) is 2.66. The SMILES string of the molecule is CC(=O)N1CCC[C@H]1C(=O)N[C@@H](CC(C)C)C(=O)N[C@@H](Cc1cncn1CCCCCO/N=C/c1ccccc1)C(=O)N[C@@H](CO)C(=O)N[C@H](C(N)=O)[C@@H](C)OP(=O)(O)O. The fourth-order valence-electron chi connectivity index (χ4n) is 6.53. The number of likely N-dealkylation sites (tertiary alicyclic amines) is 1. The molecule has 1 aliphatic rings. The van der Waals surface area contributed by atoms with Crippen molar-refractivity contribution in [3.05, 3.63) is 54.1 Å². The highest BCUT2D eigenvalue weighted by Crippen LogP contribution is 2.38. The molecule has 21 nitrogen and oxygen atoms in total. The number of carbonyl (C=O) groups is 6. The van der Waals surface area contributed by atoms with Crippen molar-refractivity contribution >= 4 is 49.5 Å². The zero-order valence-electron chi connectivity index (χ0n) is 34.3. The number of aliphatic hydroxyl groups is 1. The Labute approximate surface area is 348 Å². The van der Waals surface area contributed by atoms with Gasteiger partial charge in [0.05, 0.1) is 25.3 Å². The Balaban J connectivity index is 1.78. The molecule has 332 valence electrons. The predicted octanol–water partition coefficient (Wildman–Crippen LogP) is -0.382. The topological polar surface area (TPSA) is 306 Å². The number of nitrogens with zero attached hydrogens (tertiary/aromatic N) is 4. The maximum absolute atomic E-state index is 14.0. The number of phosphoric acid groups is 1. The summed E-state index contributed by atoms with van der Waals surface area (Å²) in [7, 11) is -5.12. The molecule has 6 amide bonds. The molecule has 60 heavy (non-hydrogen) atoms. The molecule has 1 aliphatic heterocycles. The number of nitrogens with two attached hydrogens (primary N) is 1. The zero-order valence-corrected chi connectivity index (χ0v) is 35.2. The van der Waals surface area contributed by atoms with Crippen LogP contribution in [0.3, 0.4) is 0 Å². The van der Waals surface area contributed by atoms with Gasteiger partial charge in [0, 0.05) is 38.3 Å².